The van der Waals surface area contributed by atoms with Crippen LogP contribution in [-0.4, -0.2) is 29.7 Å². The van der Waals surface area contributed by atoms with Crippen molar-refractivity contribution in [1.29, 1.82) is 0 Å². The third-order valence-corrected chi connectivity index (χ3v) is 7.15. The molecule has 30 heavy (non-hydrogen) atoms. The van der Waals surface area contributed by atoms with Gasteiger partial charge in [-0.3, -0.25) is 4.57 Å². The van der Waals surface area contributed by atoms with Crippen molar-refractivity contribution in [2.24, 2.45) is 0 Å². The van der Waals surface area contributed by atoms with Crippen LogP contribution in [0.1, 0.15) is 11.3 Å². The molecule has 0 saturated heterocycles. The number of rotatable bonds is 5. The van der Waals surface area contributed by atoms with Crippen LogP contribution in [0.3, 0.4) is 0 Å². The zero-order chi connectivity index (χ0) is 20.7. The van der Waals surface area contributed by atoms with Crippen LogP contribution in [-0.2, 0) is 15.6 Å². The average Bonchev–Trinajstić information content (AvgIpc) is 3.47. The van der Waals surface area contributed by atoms with Gasteiger partial charge in [-0.25, -0.2) is 18.4 Å². The summed E-state index contributed by atoms with van der Waals surface area (Å²) in [6.07, 6.45) is 3.15. The summed E-state index contributed by atoms with van der Waals surface area (Å²) in [6.45, 7) is 2.16. The van der Waals surface area contributed by atoms with Crippen molar-refractivity contribution >= 4 is 21.2 Å². The van der Waals surface area contributed by atoms with Gasteiger partial charge >= 0.3 is 0 Å². The minimum Gasteiger partial charge on any atom is -0.454 e. The van der Waals surface area contributed by atoms with Gasteiger partial charge in [-0.1, -0.05) is 12.1 Å². The third kappa shape index (κ3) is 3.46. The molecule has 7 nitrogen and oxygen atoms in total. The van der Waals surface area contributed by atoms with Crippen LogP contribution >= 0.6 is 11.3 Å². The standard InChI is InChI=1S/C21H17N3O4S2/c1-14-3-2-4-17(9-14)24-8-7-22-21(24)30(25,26)12-16-11-29-20(23-16)15-5-6-18-19(10-15)28-13-27-18/h2-11H,12-13H2,1H3. The molecule has 0 aliphatic carbocycles. The van der Waals surface area contributed by atoms with Gasteiger partial charge in [-0.15, -0.1) is 11.3 Å². The molecule has 2 aromatic heterocycles. The van der Waals surface area contributed by atoms with E-state index in [2.05, 4.69) is 9.97 Å². The molecule has 0 amide bonds. The Morgan fingerprint density at radius 1 is 1.13 bits per heavy atom. The number of hydrogen-bond acceptors (Lipinski definition) is 7. The minimum absolute atomic E-state index is 0.00531. The largest absolute Gasteiger partial charge is 0.454 e. The third-order valence-electron chi connectivity index (χ3n) is 4.67. The molecule has 1 aliphatic heterocycles. The van der Waals surface area contributed by atoms with Gasteiger partial charge in [0.1, 0.15) is 10.8 Å². The number of hydrogen-bond donors (Lipinski definition) is 0. The van der Waals surface area contributed by atoms with E-state index in [1.165, 1.54) is 17.5 Å². The molecular weight excluding hydrogens is 422 g/mol. The van der Waals surface area contributed by atoms with Crippen molar-refractivity contribution in [3.8, 4) is 27.8 Å². The molecule has 0 radical (unpaired) electrons. The summed E-state index contributed by atoms with van der Waals surface area (Å²) in [5, 5.41) is 2.49. The number of thiazole rings is 1. The second-order valence-corrected chi connectivity index (χ2v) is 9.63. The molecule has 0 fully saturated rings. The van der Waals surface area contributed by atoms with Gasteiger partial charge in [0.25, 0.3) is 0 Å². The van der Waals surface area contributed by atoms with E-state index in [4.69, 9.17) is 9.47 Å². The number of imidazole rings is 1. The zero-order valence-corrected chi connectivity index (χ0v) is 17.6. The molecule has 0 atom stereocenters. The van der Waals surface area contributed by atoms with Gasteiger partial charge in [-0.2, -0.15) is 0 Å². The van der Waals surface area contributed by atoms with E-state index in [0.717, 1.165) is 21.8 Å². The van der Waals surface area contributed by atoms with Crippen LogP contribution < -0.4 is 9.47 Å². The van der Waals surface area contributed by atoms with Crippen molar-refractivity contribution in [2.75, 3.05) is 6.79 Å². The van der Waals surface area contributed by atoms with E-state index in [-0.39, 0.29) is 17.7 Å². The van der Waals surface area contributed by atoms with Gasteiger partial charge in [0.15, 0.2) is 11.5 Å². The molecule has 1 aliphatic rings. The lowest BCUT2D eigenvalue weighted by atomic mass is 10.2. The SMILES string of the molecule is Cc1cccc(-n2ccnc2S(=O)(=O)Cc2csc(-c3ccc4c(c3)OCO4)n2)c1. The number of aryl methyl sites for hydroxylation is 1. The van der Waals surface area contributed by atoms with Crippen LogP contribution in [0.2, 0.25) is 0 Å². The highest BCUT2D eigenvalue weighted by molar-refractivity contribution is 7.90. The van der Waals surface area contributed by atoms with E-state index >= 15 is 0 Å². The smallest absolute Gasteiger partial charge is 0.232 e. The Kier molecular flexibility index (Phi) is 4.56. The van der Waals surface area contributed by atoms with Gasteiger partial charge in [-0.05, 0) is 42.8 Å². The zero-order valence-electron chi connectivity index (χ0n) is 16.0. The molecule has 0 unspecified atom stereocenters. The maximum atomic E-state index is 13.1. The van der Waals surface area contributed by atoms with Crippen LogP contribution in [0.15, 0.2) is 65.4 Å². The summed E-state index contributed by atoms with van der Waals surface area (Å²) < 4.78 is 38.5. The summed E-state index contributed by atoms with van der Waals surface area (Å²) in [6, 6.07) is 13.2. The molecule has 0 bridgehead atoms. The quantitative estimate of drug-likeness (QED) is 0.467. The first-order valence-corrected chi connectivity index (χ1v) is 11.7. The molecule has 9 heteroatoms. The molecule has 0 saturated carbocycles. The van der Waals surface area contributed by atoms with Gasteiger partial charge in [0, 0.05) is 29.0 Å². The van der Waals surface area contributed by atoms with Crippen LogP contribution in [0.25, 0.3) is 16.3 Å². The van der Waals surface area contributed by atoms with Gasteiger partial charge < -0.3 is 9.47 Å². The fourth-order valence-electron chi connectivity index (χ4n) is 3.29. The summed E-state index contributed by atoms with van der Waals surface area (Å²) in [4.78, 5) is 8.64. The normalized spacial score (nSPS) is 13.0. The molecule has 0 spiro atoms. The Hall–Kier alpha value is -3.17. The van der Waals surface area contributed by atoms with Gasteiger partial charge in [0.05, 0.1) is 5.69 Å². The first-order valence-electron chi connectivity index (χ1n) is 9.17. The highest BCUT2D eigenvalue weighted by Crippen LogP contribution is 2.37. The maximum absolute atomic E-state index is 13.1. The monoisotopic (exact) mass is 439 g/mol. The van der Waals surface area contributed by atoms with Crippen molar-refractivity contribution < 1.29 is 17.9 Å². The van der Waals surface area contributed by atoms with E-state index in [1.807, 2.05) is 49.4 Å². The number of ether oxygens (including phenoxy) is 2. The summed E-state index contributed by atoms with van der Waals surface area (Å²) in [5.74, 6) is 1.13. The number of fused-ring (bicyclic) bond motifs is 1. The maximum Gasteiger partial charge on any atom is 0.232 e. The Balaban J connectivity index is 1.42. The summed E-state index contributed by atoms with van der Waals surface area (Å²) >= 11 is 1.39. The molecule has 152 valence electrons. The van der Waals surface area contributed by atoms with Crippen molar-refractivity contribution in [1.82, 2.24) is 14.5 Å². The molecule has 4 aromatic rings. The van der Waals surface area contributed by atoms with Crippen LogP contribution in [0.5, 0.6) is 11.5 Å². The summed E-state index contributed by atoms with van der Waals surface area (Å²) in [7, 11) is -3.69. The van der Waals surface area contributed by atoms with E-state index in [9.17, 15) is 8.42 Å². The second kappa shape index (κ2) is 7.26. The van der Waals surface area contributed by atoms with E-state index in [0.29, 0.717) is 17.2 Å². The Morgan fingerprint density at radius 2 is 2.00 bits per heavy atom. The first-order chi connectivity index (χ1) is 14.5. The predicted octanol–water partition coefficient (Wildman–Crippen LogP) is 4.01. The van der Waals surface area contributed by atoms with Crippen molar-refractivity contribution in [3.05, 3.63) is 71.5 Å². The first kappa shape index (κ1) is 18.8. The Labute approximate surface area is 177 Å². The summed E-state index contributed by atoms with van der Waals surface area (Å²) in [5.41, 5.74) is 3.13. The van der Waals surface area contributed by atoms with E-state index < -0.39 is 9.84 Å². The van der Waals surface area contributed by atoms with Crippen molar-refractivity contribution in [2.45, 2.75) is 17.8 Å². The number of aromatic nitrogens is 3. The topological polar surface area (TPSA) is 83.3 Å². The molecule has 2 aromatic carbocycles. The average molecular weight is 440 g/mol. The minimum atomic E-state index is -3.69. The molecule has 0 N–H and O–H groups in total. The van der Waals surface area contributed by atoms with Gasteiger partial charge in [0.2, 0.25) is 21.8 Å². The Bertz CT molecular complexity index is 1340. The lowest BCUT2D eigenvalue weighted by Gasteiger charge is -2.08. The second-order valence-electron chi connectivity index (χ2n) is 6.89. The predicted molar refractivity (Wildman–Crippen MR) is 113 cm³/mol. The Morgan fingerprint density at radius 3 is 2.87 bits per heavy atom. The molecular formula is C21H17N3O4S2. The van der Waals surface area contributed by atoms with Crippen molar-refractivity contribution in [3.63, 3.8) is 0 Å². The van der Waals surface area contributed by atoms with E-state index in [1.54, 1.807) is 16.1 Å². The fraction of sp³-hybridized carbons (Fsp3) is 0.143. The fourth-order valence-corrected chi connectivity index (χ4v) is 5.56. The van der Waals surface area contributed by atoms with Crippen LogP contribution in [0.4, 0.5) is 0 Å². The lowest BCUT2D eigenvalue weighted by molar-refractivity contribution is 0.174. The highest BCUT2D eigenvalue weighted by atomic mass is 32.2. The number of sulfone groups is 1. The molecule has 3 heterocycles. The number of nitrogens with zero attached hydrogens (tertiary/aromatic N) is 3. The number of benzene rings is 2. The van der Waals surface area contributed by atoms with Crippen LogP contribution in [0, 0.1) is 6.92 Å². The molecule has 5 rings (SSSR count). The lowest BCUT2D eigenvalue weighted by Crippen LogP contribution is -2.12. The highest BCUT2D eigenvalue weighted by Gasteiger charge is 2.24.